The van der Waals surface area contributed by atoms with Crippen LogP contribution in [0.15, 0.2) is 60.7 Å². The maximum absolute atomic E-state index is 12.1. The van der Waals surface area contributed by atoms with Crippen LogP contribution in [0.1, 0.15) is 37.0 Å². The zero-order valence-corrected chi connectivity index (χ0v) is 11.2. The molecular formula is C17H18O2. The van der Waals surface area contributed by atoms with Crippen molar-refractivity contribution in [2.45, 2.75) is 25.9 Å². The third kappa shape index (κ3) is 3.44. The van der Waals surface area contributed by atoms with Crippen LogP contribution >= 0.6 is 0 Å². The molecule has 0 amide bonds. The number of benzene rings is 2. The molecule has 0 aromatic heterocycles. The molecule has 0 fully saturated rings. The first-order valence-corrected chi connectivity index (χ1v) is 6.49. The highest BCUT2D eigenvalue weighted by Crippen LogP contribution is 2.22. The molecule has 2 nitrogen and oxygen atoms in total. The molecule has 0 saturated heterocycles. The fourth-order valence-corrected chi connectivity index (χ4v) is 1.95. The summed E-state index contributed by atoms with van der Waals surface area (Å²) in [6.07, 6.45) is -0.222. The van der Waals surface area contributed by atoms with Crippen LogP contribution in [0.25, 0.3) is 0 Å². The van der Waals surface area contributed by atoms with E-state index in [4.69, 9.17) is 4.74 Å². The summed E-state index contributed by atoms with van der Waals surface area (Å²) in [5.74, 6) is -0.435. The van der Waals surface area contributed by atoms with Gasteiger partial charge in [-0.05, 0) is 25.0 Å². The van der Waals surface area contributed by atoms with E-state index in [9.17, 15) is 4.79 Å². The van der Waals surface area contributed by atoms with Crippen molar-refractivity contribution in [3.8, 4) is 0 Å². The van der Waals surface area contributed by atoms with Gasteiger partial charge in [-0.15, -0.1) is 0 Å². The number of esters is 1. The Labute approximate surface area is 114 Å². The van der Waals surface area contributed by atoms with E-state index in [1.165, 1.54) is 0 Å². The molecule has 2 heteroatoms. The van der Waals surface area contributed by atoms with Crippen molar-refractivity contribution in [2.75, 3.05) is 0 Å². The van der Waals surface area contributed by atoms with Crippen LogP contribution in [-0.4, -0.2) is 5.97 Å². The molecular weight excluding hydrogens is 236 g/mol. The van der Waals surface area contributed by atoms with Gasteiger partial charge in [0.2, 0.25) is 0 Å². The molecule has 0 bridgehead atoms. The molecule has 0 aliphatic heterocycles. The zero-order valence-electron chi connectivity index (χ0n) is 11.2. The molecule has 0 N–H and O–H groups in total. The highest BCUT2D eigenvalue weighted by Gasteiger charge is 2.19. The molecule has 2 aromatic rings. The SMILES string of the molecule is C[C@H](OC(=O)[C@H](C)c1ccccc1)c1ccccc1. The smallest absolute Gasteiger partial charge is 0.313 e. The maximum atomic E-state index is 12.1. The topological polar surface area (TPSA) is 26.3 Å². The minimum atomic E-state index is -0.243. The summed E-state index contributed by atoms with van der Waals surface area (Å²) < 4.78 is 5.51. The second-order valence-corrected chi connectivity index (χ2v) is 4.62. The van der Waals surface area contributed by atoms with Crippen molar-refractivity contribution >= 4 is 5.97 Å². The second-order valence-electron chi connectivity index (χ2n) is 4.62. The molecule has 2 atom stereocenters. The number of carbonyl (C=O) groups is 1. The number of carbonyl (C=O) groups excluding carboxylic acids is 1. The van der Waals surface area contributed by atoms with Crippen LogP contribution in [0.5, 0.6) is 0 Å². The van der Waals surface area contributed by atoms with Gasteiger partial charge in [-0.1, -0.05) is 60.7 Å². The van der Waals surface area contributed by atoms with E-state index in [0.29, 0.717) is 0 Å². The monoisotopic (exact) mass is 254 g/mol. The molecule has 98 valence electrons. The van der Waals surface area contributed by atoms with Crippen LogP contribution in [0.3, 0.4) is 0 Å². The number of ether oxygens (including phenoxy) is 1. The summed E-state index contributed by atoms with van der Waals surface area (Å²) in [5, 5.41) is 0. The predicted molar refractivity (Wildman–Crippen MR) is 75.8 cm³/mol. The van der Waals surface area contributed by atoms with Crippen LogP contribution in [0.2, 0.25) is 0 Å². The van der Waals surface area contributed by atoms with E-state index >= 15 is 0 Å². The molecule has 0 aliphatic carbocycles. The van der Waals surface area contributed by atoms with Gasteiger partial charge in [-0.3, -0.25) is 4.79 Å². The average Bonchev–Trinajstić information content (AvgIpc) is 2.48. The van der Waals surface area contributed by atoms with Crippen molar-refractivity contribution in [3.05, 3.63) is 71.8 Å². The Morgan fingerprint density at radius 3 is 1.84 bits per heavy atom. The van der Waals surface area contributed by atoms with E-state index < -0.39 is 0 Å². The van der Waals surface area contributed by atoms with Gasteiger partial charge in [0.1, 0.15) is 6.10 Å². The Balaban J connectivity index is 2.02. The predicted octanol–water partition coefficient (Wildman–Crippen LogP) is 4.09. The Morgan fingerprint density at radius 1 is 0.842 bits per heavy atom. The minimum Gasteiger partial charge on any atom is -0.457 e. The lowest BCUT2D eigenvalue weighted by Crippen LogP contribution is -2.15. The van der Waals surface area contributed by atoms with E-state index in [1.807, 2.05) is 74.5 Å². The van der Waals surface area contributed by atoms with Gasteiger partial charge >= 0.3 is 5.97 Å². The quantitative estimate of drug-likeness (QED) is 0.768. The second kappa shape index (κ2) is 6.19. The van der Waals surface area contributed by atoms with Crippen LogP contribution in [-0.2, 0) is 9.53 Å². The van der Waals surface area contributed by atoms with Crippen molar-refractivity contribution in [1.82, 2.24) is 0 Å². The zero-order chi connectivity index (χ0) is 13.7. The lowest BCUT2D eigenvalue weighted by Gasteiger charge is -2.17. The molecule has 0 heterocycles. The van der Waals surface area contributed by atoms with Crippen molar-refractivity contribution in [2.24, 2.45) is 0 Å². The largest absolute Gasteiger partial charge is 0.457 e. The normalized spacial score (nSPS) is 13.6. The van der Waals surface area contributed by atoms with Gasteiger partial charge in [0.05, 0.1) is 5.92 Å². The molecule has 2 aromatic carbocycles. The van der Waals surface area contributed by atoms with Gasteiger partial charge in [-0.25, -0.2) is 0 Å². The average molecular weight is 254 g/mol. The molecule has 0 aliphatic rings. The summed E-state index contributed by atoms with van der Waals surface area (Å²) in [7, 11) is 0. The first-order valence-electron chi connectivity index (χ1n) is 6.49. The molecule has 19 heavy (non-hydrogen) atoms. The summed E-state index contributed by atoms with van der Waals surface area (Å²) in [4.78, 5) is 12.1. The van der Waals surface area contributed by atoms with E-state index in [1.54, 1.807) is 0 Å². The highest BCUT2D eigenvalue weighted by atomic mass is 16.5. The molecule has 0 unspecified atom stereocenters. The van der Waals surface area contributed by atoms with Crippen molar-refractivity contribution in [1.29, 1.82) is 0 Å². The standard InChI is InChI=1S/C17H18O2/c1-13(15-9-5-3-6-10-15)17(18)19-14(2)16-11-7-4-8-12-16/h3-14H,1-2H3/t13-,14+/m1/s1. The van der Waals surface area contributed by atoms with Gasteiger partial charge in [0.25, 0.3) is 0 Å². The van der Waals surface area contributed by atoms with Crippen LogP contribution in [0, 0.1) is 0 Å². The molecule has 0 radical (unpaired) electrons. The fraction of sp³-hybridized carbons (Fsp3) is 0.235. The van der Waals surface area contributed by atoms with Crippen molar-refractivity contribution < 1.29 is 9.53 Å². The third-order valence-corrected chi connectivity index (χ3v) is 3.22. The number of rotatable bonds is 4. The van der Waals surface area contributed by atoms with Crippen LogP contribution < -0.4 is 0 Å². The first-order chi connectivity index (χ1) is 9.18. The lowest BCUT2D eigenvalue weighted by molar-refractivity contribution is -0.150. The Bertz CT molecular complexity index is 519. The van der Waals surface area contributed by atoms with Gasteiger partial charge in [-0.2, -0.15) is 0 Å². The molecule has 0 spiro atoms. The Hall–Kier alpha value is -2.09. The minimum absolute atomic E-state index is 0.192. The summed E-state index contributed by atoms with van der Waals surface area (Å²) >= 11 is 0. The molecule has 0 saturated carbocycles. The summed E-state index contributed by atoms with van der Waals surface area (Å²) in [6, 6.07) is 19.5. The summed E-state index contributed by atoms with van der Waals surface area (Å²) in [5.41, 5.74) is 1.99. The first kappa shape index (κ1) is 13.3. The third-order valence-electron chi connectivity index (χ3n) is 3.22. The Kier molecular flexibility index (Phi) is 4.35. The van der Waals surface area contributed by atoms with E-state index in [0.717, 1.165) is 11.1 Å². The van der Waals surface area contributed by atoms with Crippen LogP contribution in [0.4, 0.5) is 0 Å². The maximum Gasteiger partial charge on any atom is 0.313 e. The Morgan fingerprint density at radius 2 is 1.32 bits per heavy atom. The van der Waals surface area contributed by atoms with Gasteiger partial charge < -0.3 is 4.74 Å². The van der Waals surface area contributed by atoms with Crippen molar-refractivity contribution in [3.63, 3.8) is 0 Å². The number of hydrogen-bond acceptors (Lipinski definition) is 2. The fourth-order valence-electron chi connectivity index (χ4n) is 1.95. The summed E-state index contributed by atoms with van der Waals surface area (Å²) in [6.45, 7) is 3.76. The highest BCUT2D eigenvalue weighted by molar-refractivity contribution is 5.77. The molecule has 2 rings (SSSR count). The van der Waals surface area contributed by atoms with E-state index in [-0.39, 0.29) is 18.0 Å². The van der Waals surface area contributed by atoms with E-state index in [2.05, 4.69) is 0 Å². The van der Waals surface area contributed by atoms with Gasteiger partial charge in [0, 0.05) is 0 Å². The lowest BCUT2D eigenvalue weighted by atomic mass is 10.0. The van der Waals surface area contributed by atoms with Gasteiger partial charge in [0.15, 0.2) is 0 Å². The number of hydrogen-bond donors (Lipinski definition) is 0.